The molecule has 0 aliphatic heterocycles. The summed E-state index contributed by atoms with van der Waals surface area (Å²) < 4.78 is 17.9. The average Bonchev–Trinajstić information content (AvgIpc) is 2.88. The summed E-state index contributed by atoms with van der Waals surface area (Å²) in [4.78, 5) is 6.51. The van der Waals surface area contributed by atoms with Crippen LogP contribution in [0.3, 0.4) is 0 Å². The van der Waals surface area contributed by atoms with Gasteiger partial charge in [0.1, 0.15) is 0 Å². The van der Waals surface area contributed by atoms with Crippen LogP contribution in [0.1, 0.15) is 54.9 Å². The second-order valence-electron chi connectivity index (χ2n) is 9.82. The molecule has 0 fully saturated rings. The maximum absolute atomic E-state index is 10.4. The predicted octanol–water partition coefficient (Wildman–Crippen LogP) is 1.54. The van der Waals surface area contributed by atoms with Crippen LogP contribution in [0.4, 0.5) is 0 Å². The van der Waals surface area contributed by atoms with Crippen LogP contribution >= 0.6 is 0 Å². The number of ether oxygens (including phenoxy) is 3. The third-order valence-electron chi connectivity index (χ3n) is 7.00. The van der Waals surface area contributed by atoms with Crippen molar-refractivity contribution in [3.05, 3.63) is 0 Å². The summed E-state index contributed by atoms with van der Waals surface area (Å²) >= 11 is 0. The Morgan fingerprint density at radius 2 is 0.750 bits per heavy atom. The fourth-order valence-electron chi connectivity index (χ4n) is 4.16. The molecule has 9 nitrogen and oxygen atoms in total. The van der Waals surface area contributed by atoms with E-state index in [1.807, 2.05) is 0 Å². The van der Waals surface area contributed by atoms with Crippen LogP contribution in [-0.4, -0.2) is 147 Å². The molecule has 0 aromatic carbocycles. The smallest absolute Gasteiger partial charge is 0.0900 e. The van der Waals surface area contributed by atoms with E-state index in [2.05, 4.69) is 63.2 Å². The largest absolute Gasteiger partial charge is 0.389 e. The topological polar surface area (TPSA) is 98.1 Å². The van der Waals surface area contributed by atoms with Crippen molar-refractivity contribution in [2.24, 2.45) is 5.41 Å². The molecule has 0 bridgehead atoms. The lowest BCUT2D eigenvalue weighted by atomic mass is 9.88. The molecule has 0 aliphatic carbocycles. The number of nitrogens with zero attached hydrogens (tertiary/aromatic N) is 3. The van der Waals surface area contributed by atoms with E-state index in [-0.39, 0.29) is 19.8 Å². The lowest BCUT2D eigenvalue weighted by Gasteiger charge is -2.34. The molecule has 3 unspecified atom stereocenters. The van der Waals surface area contributed by atoms with Gasteiger partial charge in [-0.15, -0.1) is 0 Å². The summed E-state index contributed by atoms with van der Waals surface area (Å²) in [5, 5.41) is 31.2. The summed E-state index contributed by atoms with van der Waals surface area (Å²) in [6, 6.07) is 0. The third-order valence-corrected chi connectivity index (χ3v) is 7.00. The number of rotatable bonds is 25. The van der Waals surface area contributed by atoms with Gasteiger partial charge in [-0.2, -0.15) is 0 Å². The fourth-order valence-corrected chi connectivity index (χ4v) is 4.16. The molecular formula is C27H59N3O6. The van der Waals surface area contributed by atoms with Gasteiger partial charge in [0.2, 0.25) is 0 Å². The van der Waals surface area contributed by atoms with Crippen LogP contribution in [0.2, 0.25) is 0 Å². The Morgan fingerprint density at radius 1 is 0.500 bits per heavy atom. The maximum Gasteiger partial charge on any atom is 0.0900 e. The van der Waals surface area contributed by atoms with Crippen molar-refractivity contribution in [2.75, 3.05) is 98.5 Å². The third kappa shape index (κ3) is 15.8. The van der Waals surface area contributed by atoms with Gasteiger partial charge in [0, 0.05) is 25.0 Å². The summed E-state index contributed by atoms with van der Waals surface area (Å²) in [5.41, 5.74) is -0.432. The fraction of sp³-hybridized carbons (Fsp3) is 1.00. The minimum absolute atomic E-state index is 0.243. The summed E-state index contributed by atoms with van der Waals surface area (Å²) in [5.74, 6) is 0. The van der Waals surface area contributed by atoms with E-state index in [9.17, 15) is 15.3 Å². The lowest BCUT2D eigenvalue weighted by Crippen LogP contribution is -2.42. The SMILES string of the molecule is CCN(CC)CC(O)COCC(CC)(COCC(O)CN(CC)CC)COCC(O)CN(CC)CC. The first-order valence-electron chi connectivity index (χ1n) is 14.2. The number of hydrogen-bond donors (Lipinski definition) is 3. The summed E-state index contributed by atoms with van der Waals surface area (Å²) in [7, 11) is 0. The van der Waals surface area contributed by atoms with Crippen molar-refractivity contribution in [1.82, 2.24) is 14.7 Å². The molecule has 0 radical (unpaired) electrons. The van der Waals surface area contributed by atoms with Crippen LogP contribution in [0.5, 0.6) is 0 Å². The standard InChI is InChI=1S/C27H59N3O6/c1-8-27(21-34-18-24(31)15-28(9-2)10-3,22-35-19-25(32)16-29(11-4)12-5)23-36-20-26(33)17-30(13-6)14-7/h24-26,31-33H,8-23H2,1-7H3. The van der Waals surface area contributed by atoms with Crippen LogP contribution < -0.4 is 0 Å². The molecule has 0 heterocycles. The molecule has 3 atom stereocenters. The summed E-state index contributed by atoms with van der Waals surface area (Å²) in [6.45, 7) is 23.5. The van der Waals surface area contributed by atoms with Gasteiger partial charge in [-0.05, 0) is 45.7 Å². The highest BCUT2D eigenvalue weighted by molar-refractivity contribution is 4.79. The van der Waals surface area contributed by atoms with Gasteiger partial charge in [0.15, 0.2) is 0 Å². The zero-order valence-electron chi connectivity index (χ0n) is 24.5. The number of aliphatic hydroxyl groups excluding tert-OH is 3. The van der Waals surface area contributed by atoms with Crippen LogP contribution in [-0.2, 0) is 14.2 Å². The van der Waals surface area contributed by atoms with Crippen LogP contribution in [0.15, 0.2) is 0 Å². The van der Waals surface area contributed by atoms with Crippen molar-refractivity contribution < 1.29 is 29.5 Å². The van der Waals surface area contributed by atoms with Crippen molar-refractivity contribution in [3.63, 3.8) is 0 Å². The molecule has 218 valence electrons. The Kier molecular flexibility index (Phi) is 21.3. The first-order chi connectivity index (χ1) is 17.2. The quantitative estimate of drug-likeness (QED) is 0.165. The minimum Gasteiger partial charge on any atom is -0.389 e. The molecule has 0 aromatic rings. The van der Waals surface area contributed by atoms with Gasteiger partial charge in [-0.1, -0.05) is 48.5 Å². The second-order valence-corrected chi connectivity index (χ2v) is 9.82. The molecular weight excluding hydrogens is 462 g/mol. The Bertz CT molecular complexity index is 426. The van der Waals surface area contributed by atoms with E-state index in [1.165, 1.54) is 0 Å². The molecule has 0 rings (SSSR count). The van der Waals surface area contributed by atoms with E-state index in [0.717, 1.165) is 45.7 Å². The molecule has 0 spiro atoms. The van der Waals surface area contributed by atoms with Crippen molar-refractivity contribution in [3.8, 4) is 0 Å². The number of likely N-dealkylation sites (N-methyl/N-ethyl adjacent to an activating group) is 3. The predicted molar refractivity (Wildman–Crippen MR) is 147 cm³/mol. The molecule has 3 N–H and O–H groups in total. The Hall–Kier alpha value is -0.360. The maximum atomic E-state index is 10.4. The summed E-state index contributed by atoms with van der Waals surface area (Å²) in [6.07, 6.45) is -0.938. The van der Waals surface area contributed by atoms with E-state index < -0.39 is 23.7 Å². The van der Waals surface area contributed by atoms with Gasteiger partial charge in [-0.3, -0.25) is 0 Å². The first kappa shape index (κ1) is 35.6. The molecule has 36 heavy (non-hydrogen) atoms. The van der Waals surface area contributed by atoms with Crippen LogP contribution in [0, 0.1) is 5.41 Å². The molecule has 0 aromatic heterocycles. The first-order valence-corrected chi connectivity index (χ1v) is 14.2. The zero-order valence-corrected chi connectivity index (χ0v) is 24.5. The van der Waals surface area contributed by atoms with Crippen molar-refractivity contribution in [2.45, 2.75) is 73.2 Å². The highest BCUT2D eigenvalue weighted by Crippen LogP contribution is 2.24. The Morgan fingerprint density at radius 3 is 0.944 bits per heavy atom. The second kappa shape index (κ2) is 21.6. The monoisotopic (exact) mass is 521 g/mol. The average molecular weight is 522 g/mol. The van der Waals surface area contributed by atoms with E-state index in [1.54, 1.807) is 0 Å². The highest BCUT2D eigenvalue weighted by Gasteiger charge is 2.31. The lowest BCUT2D eigenvalue weighted by molar-refractivity contribution is -0.104. The molecule has 9 heteroatoms. The van der Waals surface area contributed by atoms with Gasteiger partial charge < -0.3 is 44.2 Å². The normalized spacial score (nSPS) is 16.6. The zero-order chi connectivity index (χ0) is 27.4. The number of hydrogen-bond acceptors (Lipinski definition) is 9. The Labute approximate surface area is 221 Å². The van der Waals surface area contributed by atoms with Gasteiger partial charge in [0.05, 0.1) is 58.0 Å². The van der Waals surface area contributed by atoms with Crippen molar-refractivity contribution >= 4 is 0 Å². The Balaban J connectivity index is 4.96. The van der Waals surface area contributed by atoms with Gasteiger partial charge in [-0.25, -0.2) is 0 Å². The molecule has 0 saturated heterocycles. The molecule has 0 saturated carbocycles. The molecule has 0 aliphatic rings. The minimum atomic E-state index is -0.562. The van der Waals surface area contributed by atoms with Crippen LogP contribution in [0.25, 0.3) is 0 Å². The van der Waals surface area contributed by atoms with Gasteiger partial charge >= 0.3 is 0 Å². The number of aliphatic hydroxyl groups is 3. The molecule has 0 amide bonds. The van der Waals surface area contributed by atoms with E-state index in [0.29, 0.717) is 39.5 Å². The van der Waals surface area contributed by atoms with E-state index >= 15 is 0 Å². The van der Waals surface area contributed by atoms with Gasteiger partial charge in [0.25, 0.3) is 0 Å². The highest BCUT2D eigenvalue weighted by atomic mass is 16.5. The van der Waals surface area contributed by atoms with E-state index in [4.69, 9.17) is 14.2 Å². The van der Waals surface area contributed by atoms with Crippen molar-refractivity contribution in [1.29, 1.82) is 0 Å².